The molecular formula is C27H31Cl2N9O4. The van der Waals surface area contributed by atoms with Gasteiger partial charge in [0.1, 0.15) is 11.5 Å². The van der Waals surface area contributed by atoms with E-state index in [9.17, 15) is 14.4 Å². The number of rotatable bonds is 8. The lowest BCUT2D eigenvalue weighted by Gasteiger charge is -2.15. The molecule has 3 aromatic rings. The zero-order chi connectivity index (χ0) is 31.2. The molecule has 1 aromatic carbocycles. The molecule has 15 heteroatoms. The number of hydrogen-bond donors (Lipinski definition) is 4. The van der Waals surface area contributed by atoms with Crippen LogP contribution in [-0.2, 0) is 16.7 Å². The van der Waals surface area contributed by atoms with Gasteiger partial charge in [-0.2, -0.15) is 5.10 Å². The van der Waals surface area contributed by atoms with Crippen molar-refractivity contribution in [2.45, 2.75) is 39.7 Å². The van der Waals surface area contributed by atoms with E-state index >= 15 is 0 Å². The average Bonchev–Trinajstić information content (AvgIpc) is 3.58. The first-order valence-electron chi connectivity index (χ1n) is 12.4. The molecule has 0 radical (unpaired) electrons. The standard InChI is InChI=1S/C27H31Cl2N9O4/c1-7-8-9-19(29)23(30)38-20(12-17(35-38)13-37-14-21(32-36-37)27(3,4)5)25(40)31-22-15(2)10-16(28)11-18(22)24(39)33-34-26(41)42-6/h7-12,14H,1,13,30H2,2-6H3,(H,31,40)(H,33,39)(H,34,41)/b9-8-,23-19-. The Morgan fingerprint density at radius 2 is 1.88 bits per heavy atom. The van der Waals surface area contributed by atoms with Gasteiger partial charge >= 0.3 is 6.09 Å². The van der Waals surface area contributed by atoms with Crippen molar-refractivity contribution in [3.63, 3.8) is 0 Å². The van der Waals surface area contributed by atoms with Gasteiger partial charge in [0.25, 0.3) is 11.8 Å². The van der Waals surface area contributed by atoms with Crippen molar-refractivity contribution >= 4 is 52.6 Å². The number of methoxy groups -OCH3 is 1. The number of hydrogen-bond acceptors (Lipinski definition) is 8. The number of anilines is 1. The van der Waals surface area contributed by atoms with Gasteiger partial charge in [-0.1, -0.05) is 67.9 Å². The second-order valence-electron chi connectivity index (χ2n) is 9.98. The first-order chi connectivity index (χ1) is 19.7. The molecule has 0 unspecified atom stereocenters. The Kier molecular flexibility index (Phi) is 10.1. The fourth-order valence-corrected chi connectivity index (χ4v) is 3.99. The number of amides is 3. The number of aromatic nitrogens is 5. The van der Waals surface area contributed by atoms with Gasteiger partial charge in [0, 0.05) is 16.6 Å². The number of benzene rings is 1. The molecule has 0 spiro atoms. The molecule has 0 bridgehead atoms. The van der Waals surface area contributed by atoms with E-state index in [0.29, 0.717) is 11.3 Å². The first kappa shape index (κ1) is 31.9. The summed E-state index contributed by atoms with van der Waals surface area (Å²) in [7, 11) is 1.14. The third kappa shape index (κ3) is 7.77. The smallest absolute Gasteiger partial charge is 0.425 e. The number of allylic oxidation sites excluding steroid dienone is 4. The largest absolute Gasteiger partial charge is 0.452 e. The molecule has 0 saturated heterocycles. The van der Waals surface area contributed by atoms with Crippen molar-refractivity contribution in [1.82, 2.24) is 35.6 Å². The number of ether oxygens (including phenoxy) is 1. The summed E-state index contributed by atoms with van der Waals surface area (Å²) in [6.07, 6.45) is 5.49. The van der Waals surface area contributed by atoms with Gasteiger partial charge < -0.3 is 15.8 Å². The third-order valence-electron chi connectivity index (χ3n) is 5.72. The number of carbonyl (C=O) groups excluding carboxylic acids is 3. The number of hydrazine groups is 1. The summed E-state index contributed by atoms with van der Waals surface area (Å²) in [6.45, 7) is 11.5. The van der Waals surface area contributed by atoms with E-state index in [2.05, 4.69) is 42.9 Å². The van der Waals surface area contributed by atoms with E-state index < -0.39 is 17.9 Å². The van der Waals surface area contributed by atoms with Crippen LogP contribution in [-0.4, -0.2) is 49.8 Å². The second kappa shape index (κ2) is 13.4. The Balaban J connectivity index is 2.04. The van der Waals surface area contributed by atoms with Crippen LogP contribution >= 0.6 is 23.2 Å². The van der Waals surface area contributed by atoms with Crippen LogP contribution in [0.2, 0.25) is 5.02 Å². The van der Waals surface area contributed by atoms with Gasteiger partial charge in [0.2, 0.25) is 0 Å². The number of carbonyl (C=O) groups is 3. The van der Waals surface area contributed by atoms with Gasteiger partial charge in [-0.3, -0.25) is 15.0 Å². The minimum absolute atomic E-state index is 0.0113. The summed E-state index contributed by atoms with van der Waals surface area (Å²) in [5.41, 5.74) is 12.2. The monoisotopic (exact) mass is 615 g/mol. The molecule has 0 saturated carbocycles. The summed E-state index contributed by atoms with van der Waals surface area (Å²) >= 11 is 12.6. The van der Waals surface area contributed by atoms with Crippen molar-refractivity contribution in [2.24, 2.45) is 5.73 Å². The Morgan fingerprint density at radius 3 is 2.50 bits per heavy atom. The molecule has 2 aromatic heterocycles. The summed E-state index contributed by atoms with van der Waals surface area (Å²) in [4.78, 5) is 38.0. The number of aryl methyl sites for hydroxylation is 1. The molecule has 0 aliphatic rings. The van der Waals surface area contributed by atoms with Gasteiger partial charge in [0.05, 0.1) is 41.3 Å². The Morgan fingerprint density at radius 1 is 1.17 bits per heavy atom. The number of halogens is 2. The predicted molar refractivity (Wildman–Crippen MR) is 160 cm³/mol. The zero-order valence-electron chi connectivity index (χ0n) is 23.7. The Labute approximate surface area is 252 Å². The van der Waals surface area contributed by atoms with E-state index in [0.717, 1.165) is 12.8 Å². The number of nitrogens with zero attached hydrogens (tertiary/aromatic N) is 5. The van der Waals surface area contributed by atoms with Crippen LogP contribution in [0, 0.1) is 6.92 Å². The minimum atomic E-state index is -0.893. The lowest BCUT2D eigenvalue weighted by atomic mass is 9.93. The molecule has 0 fully saturated rings. The highest BCUT2D eigenvalue weighted by Gasteiger charge is 2.24. The Hall–Kier alpha value is -4.62. The van der Waals surface area contributed by atoms with Gasteiger partial charge in [-0.15, -0.1) is 5.10 Å². The SMILES string of the molecule is C=C/C=C\C(Cl)=C(/N)n1nc(Cn2cc(C(C)(C)C)nn2)cc1C(=O)Nc1c(C)cc(Cl)cc1C(=O)NNC(=O)OC. The Bertz CT molecular complexity index is 1580. The summed E-state index contributed by atoms with van der Waals surface area (Å²) in [6, 6.07) is 4.42. The van der Waals surface area contributed by atoms with E-state index in [4.69, 9.17) is 28.9 Å². The maximum atomic E-state index is 13.7. The average molecular weight is 617 g/mol. The topological polar surface area (TPSA) is 171 Å². The van der Waals surface area contributed by atoms with Crippen LogP contribution in [0.4, 0.5) is 10.5 Å². The highest BCUT2D eigenvalue weighted by atomic mass is 35.5. The van der Waals surface area contributed by atoms with Crippen LogP contribution in [0.1, 0.15) is 58.6 Å². The molecule has 0 aliphatic heterocycles. The van der Waals surface area contributed by atoms with Crippen LogP contribution in [0.3, 0.4) is 0 Å². The van der Waals surface area contributed by atoms with Crippen molar-refractivity contribution in [3.8, 4) is 0 Å². The fourth-order valence-electron chi connectivity index (χ4n) is 3.57. The van der Waals surface area contributed by atoms with Crippen molar-refractivity contribution in [2.75, 3.05) is 12.4 Å². The van der Waals surface area contributed by atoms with E-state index in [1.54, 1.807) is 29.9 Å². The maximum absolute atomic E-state index is 13.7. The second-order valence-corrected chi connectivity index (χ2v) is 10.8. The van der Waals surface area contributed by atoms with Gasteiger partial charge in [-0.05, 0) is 36.8 Å². The molecule has 0 aliphatic carbocycles. The maximum Gasteiger partial charge on any atom is 0.425 e. The first-order valence-corrected chi connectivity index (χ1v) is 13.2. The quantitative estimate of drug-likeness (QED) is 0.216. The molecule has 0 atom stereocenters. The lowest BCUT2D eigenvalue weighted by molar-refractivity contribution is 0.0921. The summed E-state index contributed by atoms with van der Waals surface area (Å²) in [5.74, 6) is -1.45. The van der Waals surface area contributed by atoms with Crippen molar-refractivity contribution < 1.29 is 19.1 Å². The minimum Gasteiger partial charge on any atom is -0.452 e. The van der Waals surface area contributed by atoms with Crippen LogP contribution in [0.5, 0.6) is 0 Å². The lowest BCUT2D eigenvalue weighted by Crippen LogP contribution is -2.41. The molecule has 13 nitrogen and oxygen atoms in total. The van der Waals surface area contributed by atoms with Crippen LogP contribution in [0.15, 0.2) is 54.2 Å². The van der Waals surface area contributed by atoms with Gasteiger partial charge in [0.15, 0.2) is 0 Å². The van der Waals surface area contributed by atoms with Crippen LogP contribution in [0.25, 0.3) is 5.82 Å². The normalized spacial score (nSPS) is 12.1. The predicted octanol–water partition coefficient (Wildman–Crippen LogP) is 4.10. The van der Waals surface area contributed by atoms with Crippen molar-refractivity contribution in [3.05, 3.63) is 87.5 Å². The molecule has 5 N–H and O–H groups in total. The van der Waals surface area contributed by atoms with Crippen molar-refractivity contribution in [1.29, 1.82) is 0 Å². The molecule has 3 amide bonds. The highest BCUT2D eigenvalue weighted by molar-refractivity contribution is 6.33. The van der Waals surface area contributed by atoms with E-state index in [1.165, 1.54) is 29.0 Å². The number of nitrogens with two attached hydrogens (primary N) is 1. The fraction of sp³-hybridized carbons (Fsp3) is 0.259. The zero-order valence-corrected chi connectivity index (χ0v) is 25.2. The summed E-state index contributed by atoms with van der Waals surface area (Å²) < 4.78 is 7.24. The van der Waals surface area contributed by atoms with E-state index in [-0.39, 0.29) is 44.8 Å². The molecule has 222 valence electrons. The van der Waals surface area contributed by atoms with Crippen LogP contribution < -0.4 is 21.9 Å². The third-order valence-corrected chi connectivity index (χ3v) is 6.26. The van der Waals surface area contributed by atoms with E-state index in [1.807, 2.05) is 20.8 Å². The highest BCUT2D eigenvalue weighted by Crippen LogP contribution is 2.27. The number of nitrogens with one attached hydrogen (secondary N) is 3. The molecule has 3 rings (SSSR count). The summed E-state index contributed by atoms with van der Waals surface area (Å²) in [5, 5.41) is 15.9. The molecule has 42 heavy (non-hydrogen) atoms. The molecular weight excluding hydrogens is 585 g/mol. The van der Waals surface area contributed by atoms with Gasteiger partial charge in [-0.25, -0.2) is 19.6 Å². The molecule has 2 heterocycles.